The summed E-state index contributed by atoms with van der Waals surface area (Å²) in [5.74, 6) is 1.20. The zero-order chi connectivity index (χ0) is 27.6. The zero-order valence-electron chi connectivity index (χ0n) is 22.4. The van der Waals surface area contributed by atoms with Gasteiger partial charge in [0.05, 0.1) is 41.7 Å². The Bertz CT molecular complexity index is 1440. The number of pyridine rings is 1. The number of carbonyl (C=O) groups excluding carboxylic acids is 2. The molecule has 4 heterocycles. The maximum absolute atomic E-state index is 13.7. The predicted molar refractivity (Wildman–Crippen MR) is 156 cm³/mol. The summed E-state index contributed by atoms with van der Waals surface area (Å²) in [5, 5.41) is 9.99. The van der Waals surface area contributed by atoms with Crippen molar-refractivity contribution in [2.24, 2.45) is 0 Å². The lowest BCUT2D eigenvalue weighted by atomic mass is 9.88. The Hall–Kier alpha value is -3.63. The normalized spacial score (nSPS) is 15.5. The largest absolute Gasteiger partial charge is 0.497 e. The number of aromatic nitrogens is 3. The number of benzene rings is 1. The summed E-state index contributed by atoms with van der Waals surface area (Å²) in [4.78, 5) is 33.9. The highest BCUT2D eigenvalue weighted by Crippen LogP contribution is 2.49. The van der Waals surface area contributed by atoms with Gasteiger partial charge in [-0.15, -0.1) is 23.1 Å². The number of hydrogen-bond donors (Lipinski definition) is 1. The maximum Gasteiger partial charge on any atom is 0.240 e. The van der Waals surface area contributed by atoms with Crippen LogP contribution in [0.1, 0.15) is 47.8 Å². The number of fused-ring (bicyclic) bond motifs is 1. The Kier molecular flexibility index (Phi) is 7.76. The molecule has 1 aromatic carbocycles. The average Bonchev–Trinajstić information content (AvgIpc) is 3.58. The van der Waals surface area contributed by atoms with Gasteiger partial charge in [0.2, 0.25) is 11.8 Å². The fraction of sp³-hybridized carbons (Fsp3) is 0.310. The van der Waals surface area contributed by atoms with Gasteiger partial charge in [-0.3, -0.25) is 19.5 Å². The first-order chi connectivity index (χ1) is 18.8. The van der Waals surface area contributed by atoms with Crippen LogP contribution >= 0.6 is 23.1 Å². The van der Waals surface area contributed by atoms with Crippen molar-refractivity contribution in [1.82, 2.24) is 20.1 Å². The third-order valence-electron chi connectivity index (χ3n) is 6.41. The first-order valence-electron chi connectivity index (χ1n) is 12.7. The van der Waals surface area contributed by atoms with Crippen LogP contribution in [0.4, 0.5) is 5.82 Å². The van der Waals surface area contributed by atoms with Crippen LogP contribution in [0.2, 0.25) is 0 Å². The van der Waals surface area contributed by atoms with E-state index >= 15 is 0 Å². The van der Waals surface area contributed by atoms with Crippen molar-refractivity contribution in [3.05, 3.63) is 88.0 Å². The molecule has 0 spiro atoms. The van der Waals surface area contributed by atoms with Crippen molar-refractivity contribution in [2.75, 3.05) is 24.3 Å². The molecule has 1 aliphatic rings. The molecule has 1 atom stereocenters. The maximum atomic E-state index is 13.7. The molecule has 3 aromatic heterocycles. The number of thiophene rings is 1. The minimum absolute atomic E-state index is 0.0910. The molecule has 8 nitrogen and oxygen atoms in total. The number of amides is 2. The van der Waals surface area contributed by atoms with Gasteiger partial charge in [0, 0.05) is 22.1 Å². The zero-order valence-corrected chi connectivity index (χ0v) is 24.0. The molecule has 5 rings (SSSR count). The number of nitrogens with zero attached hydrogens (tertiary/aromatic N) is 4. The smallest absolute Gasteiger partial charge is 0.240 e. The number of ether oxygens (including phenoxy) is 1. The Morgan fingerprint density at radius 2 is 1.92 bits per heavy atom. The van der Waals surface area contributed by atoms with Crippen molar-refractivity contribution >= 4 is 40.7 Å². The molecule has 1 N–H and O–H groups in total. The molecule has 0 aliphatic carbocycles. The van der Waals surface area contributed by atoms with Gasteiger partial charge in [-0.1, -0.05) is 32.9 Å². The van der Waals surface area contributed by atoms with E-state index in [1.165, 1.54) is 0 Å². The van der Waals surface area contributed by atoms with E-state index in [-0.39, 0.29) is 41.3 Å². The molecule has 10 heteroatoms. The van der Waals surface area contributed by atoms with E-state index in [1.54, 1.807) is 41.3 Å². The summed E-state index contributed by atoms with van der Waals surface area (Å²) in [6.45, 7) is 6.54. The number of nitrogens with one attached hydrogen (secondary N) is 1. The second-order valence-electron chi connectivity index (χ2n) is 10.2. The van der Waals surface area contributed by atoms with Gasteiger partial charge < -0.3 is 10.1 Å². The van der Waals surface area contributed by atoms with Crippen LogP contribution in [0.25, 0.3) is 5.69 Å². The lowest BCUT2D eigenvalue weighted by Gasteiger charge is -2.24. The van der Waals surface area contributed by atoms with Gasteiger partial charge in [-0.25, -0.2) is 4.68 Å². The van der Waals surface area contributed by atoms with E-state index in [0.29, 0.717) is 5.82 Å². The van der Waals surface area contributed by atoms with Crippen molar-refractivity contribution in [3.63, 3.8) is 0 Å². The van der Waals surface area contributed by atoms with Crippen LogP contribution < -0.4 is 15.0 Å². The lowest BCUT2D eigenvalue weighted by molar-refractivity contribution is -0.123. The van der Waals surface area contributed by atoms with E-state index in [0.717, 1.165) is 33.3 Å². The van der Waals surface area contributed by atoms with Crippen molar-refractivity contribution in [3.8, 4) is 11.4 Å². The Balaban J connectivity index is 1.62. The van der Waals surface area contributed by atoms with Gasteiger partial charge >= 0.3 is 0 Å². The van der Waals surface area contributed by atoms with E-state index < -0.39 is 0 Å². The second kappa shape index (κ2) is 11.2. The van der Waals surface area contributed by atoms with Crippen LogP contribution in [-0.2, 0) is 21.5 Å². The number of anilines is 1. The van der Waals surface area contributed by atoms with Crippen LogP contribution in [0.5, 0.6) is 5.75 Å². The van der Waals surface area contributed by atoms with E-state index in [1.807, 2.05) is 53.2 Å². The minimum Gasteiger partial charge on any atom is -0.497 e. The molecular weight excluding hydrogens is 530 g/mol. The molecule has 0 radical (unpaired) electrons. The molecule has 39 heavy (non-hydrogen) atoms. The van der Waals surface area contributed by atoms with Crippen LogP contribution in [-0.4, -0.2) is 46.0 Å². The molecule has 0 fully saturated rings. The molecule has 202 valence electrons. The van der Waals surface area contributed by atoms with Crippen molar-refractivity contribution < 1.29 is 14.3 Å². The van der Waals surface area contributed by atoms with Crippen molar-refractivity contribution in [1.29, 1.82) is 0 Å². The van der Waals surface area contributed by atoms with Gasteiger partial charge in [-0.2, -0.15) is 5.10 Å². The predicted octanol–water partition coefficient (Wildman–Crippen LogP) is 5.12. The van der Waals surface area contributed by atoms with Crippen molar-refractivity contribution in [2.45, 2.75) is 38.0 Å². The van der Waals surface area contributed by atoms with E-state index in [4.69, 9.17) is 9.84 Å². The molecule has 1 aliphatic heterocycles. The summed E-state index contributed by atoms with van der Waals surface area (Å²) in [6, 6.07) is 17.3. The number of hydrogen-bond acceptors (Lipinski definition) is 7. The highest BCUT2D eigenvalue weighted by molar-refractivity contribution is 8.00. The summed E-state index contributed by atoms with van der Waals surface area (Å²) in [6.07, 6.45) is 1.69. The number of rotatable bonds is 7. The molecule has 0 saturated carbocycles. The fourth-order valence-corrected chi connectivity index (χ4v) is 6.71. The quantitative estimate of drug-likeness (QED) is 0.337. The molecule has 0 bridgehead atoms. The highest BCUT2D eigenvalue weighted by Gasteiger charge is 2.40. The van der Waals surface area contributed by atoms with Crippen LogP contribution in [0, 0.1) is 0 Å². The standard InChI is InChI=1S/C29H31N5O3S2/c1-29(2,3)27-25-26(22-9-7-15-38-22)39-18-24(36)33(17-23(35)31-16-19-8-5-6-14-30-19)28(25)34(32-27)20-10-12-21(37-4)13-11-20/h5-15,26H,16-18H2,1-4H3,(H,31,35). The summed E-state index contributed by atoms with van der Waals surface area (Å²) in [7, 11) is 1.62. The van der Waals surface area contributed by atoms with E-state index in [9.17, 15) is 9.59 Å². The monoisotopic (exact) mass is 561 g/mol. The Morgan fingerprint density at radius 3 is 2.56 bits per heavy atom. The molecular formula is C29H31N5O3S2. The van der Waals surface area contributed by atoms with Crippen LogP contribution in [0.15, 0.2) is 66.2 Å². The summed E-state index contributed by atoms with van der Waals surface area (Å²) < 4.78 is 7.17. The lowest BCUT2D eigenvalue weighted by Crippen LogP contribution is -2.42. The molecule has 1 unspecified atom stereocenters. The number of thioether (sulfide) groups is 1. The summed E-state index contributed by atoms with van der Waals surface area (Å²) >= 11 is 3.25. The topological polar surface area (TPSA) is 89.3 Å². The highest BCUT2D eigenvalue weighted by atomic mass is 32.2. The Labute approximate surface area is 236 Å². The van der Waals surface area contributed by atoms with Gasteiger partial charge in [0.25, 0.3) is 0 Å². The molecule has 4 aromatic rings. The minimum atomic E-state index is -0.307. The second-order valence-corrected chi connectivity index (χ2v) is 12.3. The first kappa shape index (κ1) is 27.0. The Morgan fingerprint density at radius 1 is 1.13 bits per heavy atom. The van der Waals surface area contributed by atoms with Gasteiger partial charge in [0.15, 0.2) is 0 Å². The third-order valence-corrected chi connectivity index (χ3v) is 8.74. The fourth-order valence-electron chi connectivity index (χ4n) is 4.53. The number of carbonyl (C=O) groups is 2. The third kappa shape index (κ3) is 5.72. The summed E-state index contributed by atoms with van der Waals surface area (Å²) in [5.41, 5.74) is 3.09. The average molecular weight is 562 g/mol. The molecule has 0 saturated heterocycles. The number of methoxy groups -OCH3 is 1. The SMILES string of the molecule is COc1ccc(-n2nc(C(C)(C)C)c3c2N(CC(=O)NCc2ccccn2)C(=O)CSC3c2cccs2)cc1. The van der Waals surface area contributed by atoms with E-state index in [2.05, 4.69) is 42.5 Å². The first-order valence-corrected chi connectivity index (χ1v) is 14.6. The van der Waals surface area contributed by atoms with Gasteiger partial charge in [0.1, 0.15) is 18.1 Å². The van der Waals surface area contributed by atoms with Crippen LogP contribution in [0.3, 0.4) is 0 Å². The molecule has 2 amide bonds. The van der Waals surface area contributed by atoms with Gasteiger partial charge in [-0.05, 0) is 47.8 Å².